The minimum absolute atomic E-state index is 0.221. The van der Waals surface area contributed by atoms with Gasteiger partial charge in [-0.1, -0.05) is 20.4 Å². The minimum atomic E-state index is -0.221. The predicted octanol–water partition coefficient (Wildman–Crippen LogP) is 2.44. The van der Waals surface area contributed by atoms with Crippen molar-refractivity contribution in [3.05, 3.63) is 33.9 Å². The average Bonchev–Trinajstić information content (AvgIpc) is 2.76. The lowest BCUT2D eigenvalue weighted by molar-refractivity contribution is 0.102. The molecule has 0 saturated carbocycles. The minimum Gasteiger partial charge on any atom is -0.398 e. The van der Waals surface area contributed by atoms with Crippen molar-refractivity contribution < 1.29 is 4.79 Å². The van der Waals surface area contributed by atoms with Crippen molar-refractivity contribution in [1.82, 2.24) is 9.59 Å². The molecule has 1 amide bonds. The lowest BCUT2D eigenvalue weighted by Gasteiger charge is -2.08. The number of amides is 1. The summed E-state index contributed by atoms with van der Waals surface area (Å²) in [4.78, 5) is 12.0. The first kappa shape index (κ1) is 12.0. The normalized spacial score (nSPS) is 10.2. The Bertz CT molecular complexity index is 556. The molecule has 0 atom stereocenters. The van der Waals surface area contributed by atoms with E-state index in [0.717, 1.165) is 21.6 Å². The summed E-state index contributed by atoms with van der Waals surface area (Å²) in [6.07, 6.45) is 1.50. The van der Waals surface area contributed by atoms with Crippen LogP contribution in [0.2, 0.25) is 0 Å². The van der Waals surface area contributed by atoms with E-state index in [2.05, 4.69) is 30.8 Å². The van der Waals surface area contributed by atoms with Crippen molar-refractivity contribution in [2.75, 3.05) is 11.1 Å². The van der Waals surface area contributed by atoms with Gasteiger partial charge >= 0.3 is 0 Å². The Balaban J connectivity index is 2.31. The van der Waals surface area contributed by atoms with E-state index >= 15 is 0 Å². The number of hydrogen-bond acceptors (Lipinski definition) is 5. The molecular weight excluding hydrogens is 304 g/mol. The van der Waals surface area contributed by atoms with Crippen LogP contribution in [0.15, 0.2) is 22.8 Å². The number of halogens is 1. The summed E-state index contributed by atoms with van der Waals surface area (Å²) in [5, 5.41) is 6.96. The molecule has 88 valence electrons. The van der Waals surface area contributed by atoms with E-state index in [1.807, 2.05) is 6.92 Å². The summed E-state index contributed by atoms with van der Waals surface area (Å²) in [7, 11) is 0. The van der Waals surface area contributed by atoms with Gasteiger partial charge in [-0.15, -0.1) is 5.10 Å². The molecule has 0 aliphatic rings. The van der Waals surface area contributed by atoms with E-state index in [0.29, 0.717) is 16.3 Å². The third-order valence-electron chi connectivity index (χ3n) is 2.26. The highest BCUT2D eigenvalue weighted by atomic mass is 79.9. The van der Waals surface area contributed by atoms with Crippen LogP contribution in [0.25, 0.3) is 0 Å². The van der Waals surface area contributed by atoms with E-state index in [4.69, 9.17) is 5.73 Å². The Labute approximate surface area is 110 Å². The van der Waals surface area contributed by atoms with Crippen LogP contribution in [0.4, 0.5) is 10.7 Å². The second-order valence-electron chi connectivity index (χ2n) is 3.40. The smallest absolute Gasteiger partial charge is 0.256 e. The monoisotopic (exact) mass is 312 g/mol. The van der Waals surface area contributed by atoms with E-state index in [1.165, 1.54) is 6.20 Å². The Morgan fingerprint density at radius 2 is 2.29 bits per heavy atom. The van der Waals surface area contributed by atoms with Gasteiger partial charge in [0, 0.05) is 27.3 Å². The number of nitrogens with zero attached hydrogens (tertiary/aromatic N) is 2. The number of carbonyl (C=O) groups excluding carboxylic acids is 1. The van der Waals surface area contributed by atoms with Crippen molar-refractivity contribution in [1.29, 1.82) is 0 Å². The van der Waals surface area contributed by atoms with Crippen LogP contribution in [0.5, 0.6) is 0 Å². The SMILES string of the molecule is Cc1c(N)cc(Br)cc1C(=O)Nc1cnns1. The molecule has 1 aromatic heterocycles. The molecule has 0 radical (unpaired) electrons. The lowest BCUT2D eigenvalue weighted by Crippen LogP contribution is -2.13. The fraction of sp³-hybridized carbons (Fsp3) is 0.100. The van der Waals surface area contributed by atoms with Crippen molar-refractivity contribution in [2.45, 2.75) is 6.92 Å². The van der Waals surface area contributed by atoms with E-state index in [-0.39, 0.29) is 5.91 Å². The fourth-order valence-corrected chi connectivity index (χ4v) is 2.23. The quantitative estimate of drug-likeness (QED) is 0.835. The fourth-order valence-electron chi connectivity index (χ4n) is 1.34. The van der Waals surface area contributed by atoms with E-state index in [9.17, 15) is 4.79 Å². The number of nitrogen functional groups attached to an aromatic ring is 1. The molecule has 1 aromatic carbocycles. The molecule has 17 heavy (non-hydrogen) atoms. The van der Waals surface area contributed by atoms with Crippen LogP contribution < -0.4 is 11.1 Å². The van der Waals surface area contributed by atoms with Gasteiger partial charge in [-0.25, -0.2) is 0 Å². The first-order valence-corrected chi connectivity index (χ1v) is 6.29. The molecule has 2 rings (SSSR count). The Kier molecular flexibility index (Phi) is 3.39. The number of aromatic nitrogens is 2. The maximum Gasteiger partial charge on any atom is 0.256 e. The Morgan fingerprint density at radius 1 is 1.53 bits per heavy atom. The summed E-state index contributed by atoms with van der Waals surface area (Å²) in [6, 6.07) is 3.50. The highest BCUT2D eigenvalue weighted by molar-refractivity contribution is 9.10. The third kappa shape index (κ3) is 2.62. The van der Waals surface area contributed by atoms with Crippen molar-refractivity contribution >= 4 is 44.1 Å². The maximum absolute atomic E-state index is 12.0. The zero-order valence-electron chi connectivity index (χ0n) is 8.90. The number of nitrogens with one attached hydrogen (secondary N) is 1. The summed E-state index contributed by atoms with van der Waals surface area (Å²) < 4.78 is 4.44. The molecule has 7 heteroatoms. The molecule has 0 fully saturated rings. The standard InChI is InChI=1S/C10H9BrN4OS/c1-5-7(2-6(11)3-8(5)12)10(16)14-9-4-13-15-17-9/h2-4H,12H2,1H3,(H,14,16). The van der Waals surface area contributed by atoms with Gasteiger partial charge in [0.2, 0.25) is 0 Å². The van der Waals surface area contributed by atoms with Crippen LogP contribution >= 0.6 is 27.5 Å². The molecule has 5 nitrogen and oxygen atoms in total. The summed E-state index contributed by atoms with van der Waals surface area (Å²) >= 11 is 4.44. The van der Waals surface area contributed by atoms with Crippen LogP contribution in [0.1, 0.15) is 15.9 Å². The third-order valence-corrected chi connectivity index (χ3v) is 3.29. The number of carbonyl (C=O) groups is 1. The first-order valence-electron chi connectivity index (χ1n) is 4.72. The van der Waals surface area contributed by atoms with Gasteiger partial charge in [0.05, 0.1) is 6.20 Å². The topological polar surface area (TPSA) is 80.9 Å². The van der Waals surface area contributed by atoms with Crippen molar-refractivity contribution in [2.24, 2.45) is 0 Å². The predicted molar refractivity (Wildman–Crippen MR) is 71.2 cm³/mol. The second kappa shape index (κ2) is 4.80. The molecule has 0 unspecified atom stereocenters. The molecule has 0 aliphatic heterocycles. The molecule has 0 aliphatic carbocycles. The van der Waals surface area contributed by atoms with Gasteiger partial charge in [0.1, 0.15) is 5.00 Å². The zero-order chi connectivity index (χ0) is 12.4. The van der Waals surface area contributed by atoms with Gasteiger partial charge in [0.15, 0.2) is 0 Å². The first-order chi connectivity index (χ1) is 8.08. The summed E-state index contributed by atoms with van der Waals surface area (Å²) in [5.74, 6) is -0.221. The van der Waals surface area contributed by atoms with Crippen LogP contribution in [-0.2, 0) is 0 Å². The van der Waals surface area contributed by atoms with Gasteiger partial charge in [-0.05, 0) is 24.6 Å². The Hall–Kier alpha value is -1.47. The summed E-state index contributed by atoms with van der Waals surface area (Å²) in [5.41, 5.74) is 7.66. The van der Waals surface area contributed by atoms with Crippen molar-refractivity contribution in [3.8, 4) is 0 Å². The summed E-state index contributed by atoms with van der Waals surface area (Å²) in [6.45, 7) is 1.81. The molecule has 2 aromatic rings. The van der Waals surface area contributed by atoms with Crippen LogP contribution in [0, 0.1) is 6.92 Å². The molecular formula is C10H9BrN4OS. The number of benzene rings is 1. The molecule has 1 heterocycles. The van der Waals surface area contributed by atoms with Gasteiger partial charge in [-0.2, -0.15) is 0 Å². The average molecular weight is 313 g/mol. The van der Waals surface area contributed by atoms with E-state index in [1.54, 1.807) is 12.1 Å². The molecule has 0 saturated heterocycles. The van der Waals surface area contributed by atoms with Crippen molar-refractivity contribution in [3.63, 3.8) is 0 Å². The Morgan fingerprint density at radius 3 is 2.94 bits per heavy atom. The van der Waals surface area contributed by atoms with E-state index < -0.39 is 0 Å². The highest BCUT2D eigenvalue weighted by Gasteiger charge is 2.13. The largest absolute Gasteiger partial charge is 0.398 e. The van der Waals surface area contributed by atoms with Gasteiger partial charge in [0.25, 0.3) is 5.91 Å². The highest BCUT2D eigenvalue weighted by Crippen LogP contribution is 2.23. The molecule has 3 N–H and O–H groups in total. The number of hydrogen-bond donors (Lipinski definition) is 2. The molecule has 0 spiro atoms. The lowest BCUT2D eigenvalue weighted by atomic mass is 10.1. The van der Waals surface area contributed by atoms with Crippen LogP contribution in [0.3, 0.4) is 0 Å². The van der Waals surface area contributed by atoms with Gasteiger partial charge in [-0.3, -0.25) is 4.79 Å². The number of nitrogens with two attached hydrogens (primary N) is 1. The number of rotatable bonds is 2. The zero-order valence-corrected chi connectivity index (χ0v) is 11.3. The number of anilines is 2. The second-order valence-corrected chi connectivity index (χ2v) is 5.10. The maximum atomic E-state index is 12.0. The molecule has 0 bridgehead atoms. The van der Waals surface area contributed by atoms with Gasteiger partial charge < -0.3 is 11.1 Å². The van der Waals surface area contributed by atoms with Crippen LogP contribution in [-0.4, -0.2) is 15.5 Å².